The Morgan fingerprint density at radius 3 is 2.76 bits per heavy atom. The van der Waals surface area contributed by atoms with E-state index in [0.717, 1.165) is 41.4 Å². The lowest BCUT2D eigenvalue weighted by molar-refractivity contribution is 0.265. The normalized spacial score (nSPS) is 22.4. The number of nitrogen functional groups attached to an aromatic ring is 1. The molecule has 1 aliphatic carbocycles. The molecule has 2 unspecified atom stereocenters. The Balaban J connectivity index is 2.01. The molecular formula is C16H23N5. The zero-order valence-electron chi connectivity index (χ0n) is 13.0. The zero-order valence-corrected chi connectivity index (χ0v) is 13.0. The van der Waals surface area contributed by atoms with Gasteiger partial charge < -0.3 is 5.73 Å². The molecule has 0 amide bonds. The lowest BCUT2D eigenvalue weighted by Crippen LogP contribution is -2.19. The summed E-state index contributed by atoms with van der Waals surface area (Å²) in [5, 5.41) is 12.4. The van der Waals surface area contributed by atoms with Crippen molar-refractivity contribution in [2.45, 2.75) is 52.5 Å². The first kappa shape index (κ1) is 14.0. The van der Waals surface area contributed by atoms with Crippen LogP contribution in [-0.2, 0) is 0 Å². The molecule has 0 aliphatic heterocycles. The third-order valence-electron chi connectivity index (χ3n) is 4.60. The van der Waals surface area contributed by atoms with Crippen LogP contribution < -0.4 is 5.73 Å². The van der Waals surface area contributed by atoms with Crippen molar-refractivity contribution in [1.29, 1.82) is 0 Å². The predicted octanol–water partition coefficient (Wildman–Crippen LogP) is 3.29. The van der Waals surface area contributed by atoms with Gasteiger partial charge in [0.25, 0.3) is 0 Å². The standard InChI is InChI=1S/C16H23N5/c1-10-5-4-6-13(7-10)21-16(18-19-20-21)14-9-15(17)12(3)8-11(14)2/h8-10,13H,4-7,17H2,1-3H3. The van der Waals surface area contributed by atoms with Crippen LogP contribution >= 0.6 is 0 Å². The van der Waals surface area contributed by atoms with Crippen molar-refractivity contribution in [3.05, 3.63) is 23.3 Å². The van der Waals surface area contributed by atoms with E-state index in [0.29, 0.717) is 6.04 Å². The lowest BCUT2D eigenvalue weighted by Gasteiger charge is -2.27. The van der Waals surface area contributed by atoms with Crippen molar-refractivity contribution in [2.75, 3.05) is 5.73 Å². The van der Waals surface area contributed by atoms with Gasteiger partial charge in [0.15, 0.2) is 5.82 Å². The molecule has 1 aromatic heterocycles. The first-order chi connectivity index (χ1) is 10.1. The summed E-state index contributed by atoms with van der Waals surface area (Å²) in [6.07, 6.45) is 4.87. The SMILES string of the molecule is Cc1cc(C)c(-c2nnnn2C2CCCC(C)C2)cc1N. The van der Waals surface area contributed by atoms with Crippen molar-refractivity contribution in [2.24, 2.45) is 5.92 Å². The second-order valence-corrected chi connectivity index (χ2v) is 6.40. The number of hydrogen-bond donors (Lipinski definition) is 1. The van der Waals surface area contributed by atoms with Gasteiger partial charge in [0.2, 0.25) is 0 Å². The van der Waals surface area contributed by atoms with Crippen LogP contribution in [-0.4, -0.2) is 20.2 Å². The molecule has 1 fully saturated rings. The summed E-state index contributed by atoms with van der Waals surface area (Å²) in [5.41, 5.74) is 10.2. The maximum Gasteiger partial charge on any atom is 0.182 e. The number of aromatic nitrogens is 4. The zero-order chi connectivity index (χ0) is 15.0. The Kier molecular flexibility index (Phi) is 3.66. The van der Waals surface area contributed by atoms with E-state index >= 15 is 0 Å². The minimum absolute atomic E-state index is 0.403. The van der Waals surface area contributed by atoms with Crippen LogP contribution in [0.4, 0.5) is 5.69 Å². The summed E-state index contributed by atoms with van der Waals surface area (Å²) >= 11 is 0. The minimum Gasteiger partial charge on any atom is -0.398 e. The van der Waals surface area contributed by atoms with E-state index in [9.17, 15) is 0 Å². The van der Waals surface area contributed by atoms with Crippen molar-refractivity contribution in [3.63, 3.8) is 0 Å². The number of tetrazole rings is 1. The predicted molar refractivity (Wildman–Crippen MR) is 83.8 cm³/mol. The van der Waals surface area contributed by atoms with Crippen molar-refractivity contribution < 1.29 is 0 Å². The van der Waals surface area contributed by atoms with Crippen LogP contribution in [0.2, 0.25) is 0 Å². The number of nitrogens with two attached hydrogens (primary N) is 1. The molecule has 0 spiro atoms. The molecule has 2 aromatic rings. The van der Waals surface area contributed by atoms with Crippen LogP contribution in [0.25, 0.3) is 11.4 Å². The van der Waals surface area contributed by atoms with Crippen LogP contribution in [0.5, 0.6) is 0 Å². The highest BCUT2D eigenvalue weighted by atomic mass is 15.5. The second-order valence-electron chi connectivity index (χ2n) is 6.40. The third kappa shape index (κ3) is 2.64. The van der Waals surface area contributed by atoms with Crippen LogP contribution in [0, 0.1) is 19.8 Å². The molecule has 2 atom stereocenters. The molecule has 0 radical (unpaired) electrons. The van der Waals surface area contributed by atoms with Crippen LogP contribution in [0.15, 0.2) is 12.1 Å². The van der Waals surface area contributed by atoms with Crippen molar-refractivity contribution >= 4 is 5.69 Å². The molecule has 21 heavy (non-hydrogen) atoms. The summed E-state index contributed by atoms with van der Waals surface area (Å²) in [5.74, 6) is 1.59. The maximum atomic E-state index is 6.07. The summed E-state index contributed by atoms with van der Waals surface area (Å²) < 4.78 is 2.01. The monoisotopic (exact) mass is 285 g/mol. The fourth-order valence-corrected chi connectivity index (χ4v) is 3.35. The van der Waals surface area contributed by atoms with Crippen molar-refractivity contribution in [3.8, 4) is 11.4 Å². The Morgan fingerprint density at radius 1 is 1.19 bits per heavy atom. The molecule has 5 nitrogen and oxygen atoms in total. The molecule has 5 heteroatoms. The molecule has 112 valence electrons. The fraction of sp³-hybridized carbons (Fsp3) is 0.562. The van der Waals surface area contributed by atoms with Gasteiger partial charge in [-0.3, -0.25) is 0 Å². The van der Waals surface area contributed by atoms with Gasteiger partial charge in [-0.25, -0.2) is 4.68 Å². The summed E-state index contributed by atoms with van der Waals surface area (Å²) in [4.78, 5) is 0. The topological polar surface area (TPSA) is 69.6 Å². The van der Waals surface area contributed by atoms with Crippen LogP contribution in [0.1, 0.15) is 49.8 Å². The third-order valence-corrected chi connectivity index (χ3v) is 4.60. The molecule has 1 aromatic carbocycles. The first-order valence-corrected chi connectivity index (χ1v) is 7.71. The van der Waals surface area contributed by atoms with Crippen molar-refractivity contribution in [1.82, 2.24) is 20.2 Å². The molecular weight excluding hydrogens is 262 g/mol. The number of rotatable bonds is 2. The van der Waals surface area contributed by atoms with E-state index in [1.807, 2.05) is 17.7 Å². The van der Waals surface area contributed by atoms with E-state index in [2.05, 4.69) is 35.4 Å². The van der Waals surface area contributed by atoms with Crippen LogP contribution in [0.3, 0.4) is 0 Å². The average Bonchev–Trinajstić information content (AvgIpc) is 2.92. The minimum atomic E-state index is 0.403. The van der Waals surface area contributed by atoms with Gasteiger partial charge in [0, 0.05) is 11.3 Å². The van der Waals surface area contributed by atoms with Gasteiger partial charge in [0.1, 0.15) is 0 Å². The number of nitrogens with zero attached hydrogens (tertiary/aromatic N) is 4. The second kappa shape index (κ2) is 5.47. The highest BCUT2D eigenvalue weighted by molar-refractivity contribution is 5.67. The average molecular weight is 285 g/mol. The van der Waals surface area contributed by atoms with Gasteiger partial charge in [-0.05, 0) is 60.2 Å². The lowest BCUT2D eigenvalue weighted by atomic mass is 9.87. The maximum absolute atomic E-state index is 6.07. The van der Waals surface area contributed by atoms with Gasteiger partial charge in [-0.1, -0.05) is 25.8 Å². The molecule has 1 saturated carbocycles. The summed E-state index contributed by atoms with van der Waals surface area (Å²) in [6.45, 7) is 6.42. The molecule has 2 N–H and O–H groups in total. The quantitative estimate of drug-likeness (QED) is 0.860. The molecule has 1 heterocycles. The fourth-order valence-electron chi connectivity index (χ4n) is 3.35. The molecule has 1 aliphatic rings. The van der Waals surface area contributed by atoms with E-state index in [1.165, 1.54) is 18.4 Å². The van der Waals surface area contributed by atoms with E-state index in [1.54, 1.807) is 0 Å². The Bertz CT molecular complexity index is 646. The molecule has 3 rings (SSSR count). The number of anilines is 1. The van der Waals surface area contributed by atoms with Gasteiger partial charge in [-0.15, -0.1) is 5.10 Å². The van der Waals surface area contributed by atoms with Gasteiger partial charge >= 0.3 is 0 Å². The van der Waals surface area contributed by atoms with E-state index in [4.69, 9.17) is 5.73 Å². The number of benzene rings is 1. The first-order valence-electron chi connectivity index (χ1n) is 7.71. The Labute approximate surface area is 125 Å². The number of aryl methyl sites for hydroxylation is 2. The highest BCUT2D eigenvalue weighted by Crippen LogP contribution is 2.35. The largest absolute Gasteiger partial charge is 0.398 e. The molecule has 0 bridgehead atoms. The number of hydrogen-bond acceptors (Lipinski definition) is 4. The Morgan fingerprint density at radius 2 is 2.00 bits per heavy atom. The smallest absolute Gasteiger partial charge is 0.182 e. The summed E-state index contributed by atoms with van der Waals surface area (Å²) in [6, 6.07) is 4.51. The van der Waals surface area contributed by atoms with Gasteiger partial charge in [0.05, 0.1) is 6.04 Å². The highest BCUT2D eigenvalue weighted by Gasteiger charge is 2.25. The van der Waals surface area contributed by atoms with E-state index < -0.39 is 0 Å². The summed E-state index contributed by atoms with van der Waals surface area (Å²) in [7, 11) is 0. The molecule has 0 saturated heterocycles. The van der Waals surface area contributed by atoms with Gasteiger partial charge in [-0.2, -0.15) is 0 Å². The van der Waals surface area contributed by atoms with E-state index in [-0.39, 0.29) is 0 Å². The Hall–Kier alpha value is -1.91.